The minimum absolute atomic E-state index is 0.00722. The number of hydrogen-bond donors (Lipinski definition) is 1. The first-order valence-electron chi connectivity index (χ1n) is 9.65. The Bertz CT molecular complexity index is 862. The maximum absolute atomic E-state index is 12.5. The summed E-state index contributed by atoms with van der Waals surface area (Å²) in [6.45, 7) is 6.11. The number of nitrogens with zero attached hydrogens (tertiary/aromatic N) is 1. The largest absolute Gasteiger partial charge is 0.458 e. The highest BCUT2D eigenvalue weighted by molar-refractivity contribution is 5.96. The molecule has 3 rings (SSSR count). The summed E-state index contributed by atoms with van der Waals surface area (Å²) < 4.78 is 15.7. The molecule has 1 fully saturated rings. The maximum Gasteiger partial charge on any atom is 0.410 e. The van der Waals surface area contributed by atoms with E-state index in [9.17, 15) is 9.59 Å². The first-order chi connectivity index (χ1) is 14.1. The summed E-state index contributed by atoms with van der Waals surface area (Å²) in [5.74, 6) is -0.471. The Kier molecular flexibility index (Phi) is 7.08. The van der Waals surface area contributed by atoms with Crippen LogP contribution in [-0.4, -0.2) is 56.5 Å². The van der Waals surface area contributed by atoms with Crippen molar-refractivity contribution in [1.82, 2.24) is 4.90 Å². The fourth-order valence-corrected chi connectivity index (χ4v) is 2.98. The van der Waals surface area contributed by atoms with E-state index in [0.29, 0.717) is 37.6 Å². The van der Waals surface area contributed by atoms with Crippen LogP contribution in [0, 0.1) is 13.8 Å². The molecule has 0 bridgehead atoms. The highest BCUT2D eigenvalue weighted by Gasteiger charge is 2.18. The lowest BCUT2D eigenvalue weighted by molar-refractivity contribution is 0.0157. The van der Waals surface area contributed by atoms with Crippen molar-refractivity contribution in [1.29, 1.82) is 0 Å². The minimum Gasteiger partial charge on any atom is -0.458 e. The lowest BCUT2D eigenvalue weighted by atomic mass is 10.1. The molecule has 1 aliphatic rings. The van der Waals surface area contributed by atoms with Crippen LogP contribution in [0.3, 0.4) is 0 Å². The van der Waals surface area contributed by atoms with Crippen LogP contribution in [0.2, 0.25) is 0 Å². The number of para-hydroxylation sites is 1. The van der Waals surface area contributed by atoms with Gasteiger partial charge in [0.1, 0.15) is 13.2 Å². The third kappa shape index (κ3) is 5.48. The lowest BCUT2D eigenvalue weighted by Gasteiger charge is -2.25. The first kappa shape index (κ1) is 20.7. The highest BCUT2D eigenvalue weighted by atomic mass is 16.6. The van der Waals surface area contributed by atoms with Crippen molar-refractivity contribution in [2.24, 2.45) is 0 Å². The van der Waals surface area contributed by atoms with Gasteiger partial charge >= 0.3 is 12.1 Å². The summed E-state index contributed by atoms with van der Waals surface area (Å²) >= 11 is 0. The molecule has 154 valence electrons. The van der Waals surface area contributed by atoms with Gasteiger partial charge in [0.25, 0.3) is 0 Å². The molecular weight excluding hydrogens is 372 g/mol. The number of carbonyl (C=O) groups excluding carboxylic acids is 2. The third-order valence-corrected chi connectivity index (χ3v) is 4.83. The van der Waals surface area contributed by atoms with Crippen LogP contribution in [0.15, 0.2) is 42.5 Å². The molecule has 2 aromatic rings. The molecule has 1 aliphatic heterocycles. The van der Waals surface area contributed by atoms with Crippen molar-refractivity contribution in [3.05, 3.63) is 59.2 Å². The van der Waals surface area contributed by atoms with Gasteiger partial charge in [0.05, 0.1) is 24.5 Å². The number of carbonyl (C=O) groups is 2. The van der Waals surface area contributed by atoms with Gasteiger partial charge in [-0.25, -0.2) is 9.59 Å². The second kappa shape index (κ2) is 9.93. The van der Waals surface area contributed by atoms with Crippen LogP contribution < -0.4 is 5.32 Å². The van der Waals surface area contributed by atoms with E-state index in [1.54, 1.807) is 17.0 Å². The first-order valence-corrected chi connectivity index (χ1v) is 9.65. The number of amides is 1. The van der Waals surface area contributed by atoms with Gasteiger partial charge < -0.3 is 24.4 Å². The number of benzene rings is 2. The lowest BCUT2D eigenvalue weighted by Crippen LogP contribution is -2.41. The summed E-state index contributed by atoms with van der Waals surface area (Å²) in [7, 11) is 0. The van der Waals surface area contributed by atoms with Crippen LogP contribution in [0.5, 0.6) is 0 Å². The Balaban J connectivity index is 1.54. The number of esters is 1. The highest BCUT2D eigenvalue weighted by Crippen LogP contribution is 2.25. The van der Waals surface area contributed by atoms with Gasteiger partial charge in [-0.3, -0.25) is 0 Å². The average molecular weight is 398 g/mol. The van der Waals surface area contributed by atoms with E-state index in [2.05, 4.69) is 5.32 Å². The summed E-state index contributed by atoms with van der Waals surface area (Å²) in [6.07, 6.45) is -0.415. The average Bonchev–Trinajstić information content (AvgIpc) is 2.75. The number of rotatable bonds is 6. The van der Waals surface area contributed by atoms with Crippen molar-refractivity contribution >= 4 is 23.4 Å². The van der Waals surface area contributed by atoms with E-state index in [4.69, 9.17) is 14.2 Å². The quantitative estimate of drug-likeness (QED) is 0.591. The monoisotopic (exact) mass is 398 g/mol. The Morgan fingerprint density at radius 1 is 0.966 bits per heavy atom. The summed E-state index contributed by atoms with van der Waals surface area (Å²) in [4.78, 5) is 26.0. The fraction of sp³-hybridized carbons (Fsp3) is 0.364. The zero-order valence-electron chi connectivity index (χ0n) is 16.8. The number of ether oxygens (including phenoxy) is 3. The van der Waals surface area contributed by atoms with Gasteiger partial charge in [-0.15, -0.1) is 0 Å². The van der Waals surface area contributed by atoms with E-state index in [0.717, 1.165) is 16.8 Å². The number of anilines is 2. The molecule has 0 unspecified atom stereocenters. The predicted molar refractivity (Wildman–Crippen MR) is 110 cm³/mol. The maximum atomic E-state index is 12.5. The number of morpholine rings is 1. The molecule has 7 heteroatoms. The summed E-state index contributed by atoms with van der Waals surface area (Å²) in [6, 6.07) is 13.1. The molecule has 0 aliphatic carbocycles. The van der Waals surface area contributed by atoms with Gasteiger partial charge in [-0.1, -0.05) is 24.3 Å². The fourth-order valence-electron chi connectivity index (χ4n) is 2.98. The van der Waals surface area contributed by atoms with E-state index < -0.39 is 12.1 Å². The van der Waals surface area contributed by atoms with Crippen molar-refractivity contribution in [3.63, 3.8) is 0 Å². The number of nitrogens with one attached hydrogen (secondary N) is 1. The van der Waals surface area contributed by atoms with Crippen LogP contribution in [-0.2, 0) is 14.2 Å². The zero-order valence-corrected chi connectivity index (χ0v) is 16.8. The predicted octanol–water partition coefficient (Wildman–Crippen LogP) is 3.67. The number of hydrogen-bond acceptors (Lipinski definition) is 6. The van der Waals surface area contributed by atoms with Gasteiger partial charge in [0.15, 0.2) is 0 Å². The van der Waals surface area contributed by atoms with Gasteiger partial charge in [-0.05, 0) is 43.2 Å². The molecule has 0 radical (unpaired) electrons. The molecule has 0 atom stereocenters. The van der Waals surface area contributed by atoms with Crippen molar-refractivity contribution in [3.8, 4) is 0 Å². The number of aryl methyl sites for hydroxylation is 1. The van der Waals surface area contributed by atoms with Gasteiger partial charge in [0.2, 0.25) is 0 Å². The molecule has 0 saturated carbocycles. The van der Waals surface area contributed by atoms with Crippen LogP contribution in [0.4, 0.5) is 16.2 Å². The summed E-state index contributed by atoms with van der Waals surface area (Å²) in [5.41, 5.74) is 4.30. The van der Waals surface area contributed by atoms with Crippen LogP contribution >= 0.6 is 0 Å². The molecule has 1 amide bonds. The zero-order chi connectivity index (χ0) is 20.6. The molecule has 2 aromatic carbocycles. The van der Waals surface area contributed by atoms with Crippen LogP contribution in [0.1, 0.15) is 21.5 Å². The Morgan fingerprint density at radius 3 is 2.45 bits per heavy atom. The van der Waals surface area contributed by atoms with Crippen molar-refractivity contribution in [2.75, 3.05) is 44.8 Å². The van der Waals surface area contributed by atoms with E-state index >= 15 is 0 Å². The second-order valence-corrected chi connectivity index (χ2v) is 6.77. The minimum atomic E-state index is -0.471. The second-order valence-electron chi connectivity index (χ2n) is 6.77. The molecule has 0 spiro atoms. The molecular formula is C22H26N2O5. The normalized spacial score (nSPS) is 13.7. The van der Waals surface area contributed by atoms with Gasteiger partial charge in [0, 0.05) is 18.8 Å². The van der Waals surface area contributed by atoms with E-state index in [-0.39, 0.29) is 13.2 Å². The molecule has 7 nitrogen and oxygen atoms in total. The summed E-state index contributed by atoms with van der Waals surface area (Å²) in [5, 5.41) is 3.31. The molecule has 1 heterocycles. The van der Waals surface area contributed by atoms with Crippen molar-refractivity contribution in [2.45, 2.75) is 13.8 Å². The van der Waals surface area contributed by atoms with Gasteiger partial charge in [-0.2, -0.15) is 0 Å². The van der Waals surface area contributed by atoms with E-state index in [1.807, 2.05) is 44.2 Å². The van der Waals surface area contributed by atoms with E-state index in [1.165, 1.54) is 0 Å². The SMILES string of the molecule is Cc1cccc(Nc2ccccc2C(=O)OCCOC(=O)N2CCOCC2)c1C. The van der Waals surface area contributed by atoms with Crippen molar-refractivity contribution < 1.29 is 23.8 Å². The smallest absolute Gasteiger partial charge is 0.410 e. The molecule has 0 aromatic heterocycles. The third-order valence-electron chi connectivity index (χ3n) is 4.83. The Morgan fingerprint density at radius 2 is 1.66 bits per heavy atom. The molecule has 29 heavy (non-hydrogen) atoms. The molecule has 1 saturated heterocycles. The Labute approximate surface area is 170 Å². The standard InChI is InChI=1S/C22H26N2O5/c1-16-6-5-9-19(17(16)2)23-20-8-4-3-7-18(20)21(25)28-14-15-29-22(26)24-10-12-27-13-11-24/h3-9,23H,10-15H2,1-2H3. The van der Waals surface area contributed by atoms with Crippen LogP contribution in [0.25, 0.3) is 0 Å². The molecule has 1 N–H and O–H groups in total. The Hall–Kier alpha value is -3.06. The topological polar surface area (TPSA) is 77.1 Å².